The Bertz CT molecular complexity index is 492. The molecule has 1 atom stereocenters. The third kappa shape index (κ3) is 4.18. The highest BCUT2D eigenvalue weighted by molar-refractivity contribution is 5.75. The molecular weight excluding hydrogens is 268 g/mol. The van der Waals surface area contributed by atoms with Gasteiger partial charge in [-0.05, 0) is 25.0 Å². The van der Waals surface area contributed by atoms with Crippen molar-refractivity contribution in [1.29, 1.82) is 0 Å². The van der Waals surface area contributed by atoms with Crippen LogP contribution in [0.1, 0.15) is 31.9 Å². The smallest absolute Gasteiger partial charge is 0.317 e. The Kier molecular flexibility index (Phi) is 5.14. The van der Waals surface area contributed by atoms with Crippen LogP contribution < -0.4 is 5.32 Å². The monoisotopic (exact) mass is 290 g/mol. The van der Waals surface area contributed by atoms with Gasteiger partial charge in [0.1, 0.15) is 0 Å². The molecule has 0 radical (unpaired) electrons. The lowest BCUT2D eigenvalue weighted by molar-refractivity contribution is -0.128. The Balaban J connectivity index is 1.90. The molecule has 2 rings (SSSR count). The number of urea groups is 1. The number of carbonyl (C=O) groups is 2. The van der Waals surface area contributed by atoms with Crippen molar-refractivity contribution >= 4 is 11.9 Å². The second-order valence-electron chi connectivity index (χ2n) is 5.30. The first-order valence-corrected chi connectivity index (χ1v) is 7.29. The Morgan fingerprint density at radius 1 is 1.24 bits per heavy atom. The largest absolute Gasteiger partial charge is 0.341 e. The van der Waals surface area contributed by atoms with Crippen molar-refractivity contribution in [3.8, 4) is 0 Å². The molecule has 0 bridgehead atoms. The molecule has 0 aromatic carbocycles. The van der Waals surface area contributed by atoms with Gasteiger partial charge in [0, 0.05) is 45.5 Å². The van der Waals surface area contributed by atoms with Crippen LogP contribution in [-0.4, -0.2) is 52.9 Å². The van der Waals surface area contributed by atoms with Crippen molar-refractivity contribution in [3.63, 3.8) is 0 Å². The second kappa shape index (κ2) is 7.06. The quantitative estimate of drug-likeness (QED) is 0.895. The van der Waals surface area contributed by atoms with Gasteiger partial charge >= 0.3 is 6.03 Å². The Morgan fingerprint density at radius 3 is 2.62 bits per heavy atom. The predicted molar refractivity (Wildman–Crippen MR) is 79.6 cm³/mol. The van der Waals surface area contributed by atoms with E-state index in [9.17, 15) is 9.59 Å². The summed E-state index contributed by atoms with van der Waals surface area (Å²) >= 11 is 0. The fraction of sp³-hybridized carbons (Fsp3) is 0.533. The van der Waals surface area contributed by atoms with Crippen LogP contribution in [0.2, 0.25) is 0 Å². The number of aromatic nitrogens is 1. The molecule has 0 saturated carbocycles. The van der Waals surface area contributed by atoms with Gasteiger partial charge in [0.25, 0.3) is 0 Å². The van der Waals surface area contributed by atoms with Crippen molar-refractivity contribution in [2.75, 3.05) is 26.2 Å². The highest BCUT2D eigenvalue weighted by Crippen LogP contribution is 2.11. The van der Waals surface area contributed by atoms with E-state index in [-0.39, 0.29) is 18.0 Å². The molecule has 0 spiro atoms. The zero-order chi connectivity index (χ0) is 15.2. The molecule has 1 aromatic heterocycles. The predicted octanol–water partition coefficient (Wildman–Crippen LogP) is 1.41. The average molecular weight is 290 g/mol. The lowest BCUT2D eigenvalue weighted by atomic mass is 10.1. The minimum atomic E-state index is -0.0863. The van der Waals surface area contributed by atoms with Crippen molar-refractivity contribution in [2.45, 2.75) is 26.3 Å². The lowest BCUT2D eigenvalue weighted by Crippen LogP contribution is -2.43. The molecule has 1 unspecified atom stereocenters. The van der Waals surface area contributed by atoms with Gasteiger partial charge in [-0.2, -0.15) is 0 Å². The summed E-state index contributed by atoms with van der Waals surface area (Å²) in [5.41, 5.74) is 0.978. The molecular formula is C15H22N4O2. The highest BCUT2D eigenvalue weighted by Gasteiger charge is 2.21. The van der Waals surface area contributed by atoms with Crippen LogP contribution in [0.5, 0.6) is 0 Å². The first-order chi connectivity index (χ1) is 10.1. The summed E-state index contributed by atoms with van der Waals surface area (Å²) in [5.74, 6) is 0.0704. The van der Waals surface area contributed by atoms with E-state index in [2.05, 4.69) is 10.3 Å². The number of pyridine rings is 1. The van der Waals surface area contributed by atoms with Gasteiger partial charge < -0.3 is 15.1 Å². The van der Waals surface area contributed by atoms with E-state index in [0.717, 1.165) is 18.5 Å². The molecule has 21 heavy (non-hydrogen) atoms. The Morgan fingerprint density at radius 2 is 1.95 bits per heavy atom. The Hall–Kier alpha value is -2.11. The highest BCUT2D eigenvalue weighted by atomic mass is 16.2. The average Bonchev–Trinajstić information content (AvgIpc) is 2.74. The number of hydrogen-bond donors (Lipinski definition) is 1. The summed E-state index contributed by atoms with van der Waals surface area (Å²) < 4.78 is 0. The van der Waals surface area contributed by atoms with Gasteiger partial charge in [0.05, 0.1) is 6.04 Å². The van der Waals surface area contributed by atoms with E-state index in [4.69, 9.17) is 0 Å². The van der Waals surface area contributed by atoms with Gasteiger partial charge in [-0.3, -0.25) is 9.78 Å². The van der Waals surface area contributed by atoms with Crippen LogP contribution in [0, 0.1) is 0 Å². The topological polar surface area (TPSA) is 65.5 Å². The van der Waals surface area contributed by atoms with Gasteiger partial charge in [0.2, 0.25) is 5.91 Å². The fourth-order valence-corrected chi connectivity index (χ4v) is 2.43. The van der Waals surface area contributed by atoms with Crippen molar-refractivity contribution in [2.24, 2.45) is 0 Å². The summed E-state index contributed by atoms with van der Waals surface area (Å²) in [5, 5.41) is 2.98. The summed E-state index contributed by atoms with van der Waals surface area (Å²) in [6, 6.07) is 3.63. The molecule has 1 aromatic rings. The van der Waals surface area contributed by atoms with Crippen molar-refractivity contribution < 1.29 is 9.59 Å². The number of nitrogens with zero attached hydrogens (tertiary/aromatic N) is 3. The zero-order valence-electron chi connectivity index (χ0n) is 12.6. The van der Waals surface area contributed by atoms with E-state index < -0.39 is 0 Å². The van der Waals surface area contributed by atoms with Gasteiger partial charge in [-0.1, -0.05) is 6.07 Å². The number of carbonyl (C=O) groups excluding carboxylic acids is 2. The second-order valence-corrected chi connectivity index (χ2v) is 5.30. The van der Waals surface area contributed by atoms with E-state index in [1.54, 1.807) is 29.1 Å². The molecule has 6 heteroatoms. The minimum Gasteiger partial charge on any atom is -0.341 e. The van der Waals surface area contributed by atoms with Gasteiger partial charge in [-0.25, -0.2) is 4.79 Å². The van der Waals surface area contributed by atoms with Gasteiger partial charge in [-0.15, -0.1) is 0 Å². The fourth-order valence-electron chi connectivity index (χ4n) is 2.43. The van der Waals surface area contributed by atoms with E-state index >= 15 is 0 Å². The van der Waals surface area contributed by atoms with Crippen LogP contribution in [0.4, 0.5) is 4.79 Å². The van der Waals surface area contributed by atoms with Gasteiger partial charge in [0.15, 0.2) is 0 Å². The first kappa shape index (κ1) is 15.3. The number of rotatable bonds is 2. The Labute approximate surface area is 125 Å². The van der Waals surface area contributed by atoms with Crippen LogP contribution in [0.15, 0.2) is 24.5 Å². The van der Waals surface area contributed by atoms with Crippen molar-refractivity contribution in [1.82, 2.24) is 20.1 Å². The van der Waals surface area contributed by atoms with E-state index in [1.165, 1.54) is 0 Å². The standard InChI is InChI=1S/C15H22N4O2/c1-12(14-5-3-6-16-11-14)17-15(21)19-8-4-7-18(9-10-19)13(2)20/h3,5-6,11-12H,4,7-10H2,1-2H3,(H,17,21). The molecule has 1 fully saturated rings. The van der Waals surface area contributed by atoms with Crippen LogP contribution in [-0.2, 0) is 4.79 Å². The van der Waals surface area contributed by atoms with Crippen LogP contribution in [0.25, 0.3) is 0 Å². The molecule has 0 aliphatic carbocycles. The molecule has 114 valence electrons. The lowest BCUT2D eigenvalue weighted by Gasteiger charge is -2.24. The molecule has 3 amide bonds. The summed E-state index contributed by atoms with van der Waals surface area (Å²) in [4.78, 5) is 31.3. The normalized spacial score (nSPS) is 17.0. The SMILES string of the molecule is CC(=O)N1CCCN(C(=O)NC(C)c2cccnc2)CC1. The summed E-state index contributed by atoms with van der Waals surface area (Å²) in [6.45, 7) is 6.08. The number of nitrogens with one attached hydrogen (secondary N) is 1. The molecule has 2 heterocycles. The maximum Gasteiger partial charge on any atom is 0.317 e. The number of amides is 3. The van der Waals surface area contributed by atoms with E-state index in [1.807, 2.05) is 19.1 Å². The summed E-state index contributed by atoms with van der Waals surface area (Å²) in [7, 11) is 0. The van der Waals surface area contributed by atoms with Crippen molar-refractivity contribution in [3.05, 3.63) is 30.1 Å². The first-order valence-electron chi connectivity index (χ1n) is 7.29. The summed E-state index contributed by atoms with van der Waals surface area (Å²) in [6.07, 6.45) is 4.28. The molecule has 1 N–H and O–H groups in total. The third-order valence-electron chi connectivity index (χ3n) is 3.75. The minimum absolute atomic E-state index is 0.0704. The third-order valence-corrected chi connectivity index (χ3v) is 3.75. The zero-order valence-corrected chi connectivity index (χ0v) is 12.6. The maximum absolute atomic E-state index is 12.3. The molecule has 1 aliphatic rings. The molecule has 6 nitrogen and oxygen atoms in total. The van der Waals surface area contributed by atoms with Crippen LogP contribution in [0.3, 0.4) is 0 Å². The molecule has 1 saturated heterocycles. The van der Waals surface area contributed by atoms with E-state index in [0.29, 0.717) is 19.6 Å². The maximum atomic E-state index is 12.3. The number of hydrogen-bond acceptors (Lipinski definition) is 3. The van der Waals surface area contributed by atoms with Crippen LogP contribution >= 0.6 is 0 Å². The molecule has 1 aliphatic heterocycles.